The number of hydrogen-bond donors (Lipinski definition) is 1. The molecule has 1 heterocycles. The maximum atomic E-state index is 12.2. The van der Waals surface area contributed by atoms with Gasteiger partial charge < -0.3 is 4.42 Å². The van der Waals surface area contributed by atoms with E-state index in [-0.39, 0.29) is 11.4 Å². The molecule has 3 rings (SSSR count). The lowest BCUT2D eigenvalue weighted by molar-refractivity contribution is 0.494. The molecule has 0 aliphatic carbocycles. The van der Waals surface area contributed by atoms with E-state index in [2.05, 4.69) is 9.71 Å². The molecule has 0 spiro atoms. The third-order valence-electron chi connectivity index (χ3n) is 3.34. The lowest BCUT2D eigenvalue weighted by Gasteiger charge is -2.05. The molecule has 0 amide bonds. The number of hydrogen-bond acceptors (Lipinski definition) is 4. The minimum Gasteiger partial charge on any atom is -0.459 e. The van der Waals surface area contributed by atoms with Crippen LogP contribution in [-0.2, 0) is 16.6 Å². The predicted octanol–water partition coefficient (Wildman–Crippen LogP) is 4.16. The van der Waals surface area contributed by atoms with Crippen LogP contribution in [0.5, 0.6) is 0 Å². The van der Waals surface area contributed by atoms with Crippen LogP contribution in [-0.4, -0.2) is 14.6 Å². The third kappa shape index (κ3) is 4.79. The second kappa shape index (κ2) is 7.65. The molecule has 0 radical (unpaired) electrons. The minimum atomic E-state index is -3.62. The van der Waals surface area contributed by atoms with Gasteiger partial charge in [-0.3, -0.25) is 4.99 Å². The fourth-order valence-corrected chi connectivity index (χ4v) is 3.19. The molecule has 0 aliphatic rings. The Labute approximate surface area is 151 Å². The number of nitrogens with zero attached hydrogens (tertiary/aromatic N) is 1. The first-order chi connectivity index (χ1) is 12.0. The van der Waals surface area contributed by atoms with Crippen molar-refractivity contribution in [1.82, 2.24) is 4.72 Å². The van der Waals surface area contributed by atoms with Gasteiger partial charge in [-0.1, -0.05) is 29.8 Å². The molecule has 0 saturated heterocycles. The van der Waals surface area contributed by atoms with Crippen molar-refractivity contribution < 1.29 is 12.8 Å². The first-order valence-electron chi connectivity index (χ1n) is 7.46. The summed E-state index contributed by atoms with van der Waals surface area (Å²) in [5.41, 5.74) is 0.809. The number of halogens is 1. The zero-order valence-electron chi connectivity index (χ0n) is 13.1. The average molecular weight is 375 g/mol. The van der Waals surface area contributed by atoms with Crippen LogP contribution in [0, 0.1) is 0 Å². The molecule has 0 aliphatic heterocycles. The number of rotatable bonds is 6. The van der Waals surface area contributed by atoms with Gasteiger partial charge in [0.25, 0.3) is 0 Å². The molecule has 1 aromatic heterocycles. The predicted molar refractivity (Wildman–Crippen MR) is 97.9 cm³/mol. The van der Waals surface area contributed by atoms with E-state index in [9.17, 15) is 8.42 Å². The maximum absolute atomic E-state index is 12.2. The van der Waals surface area contributed by atoms with Gasteiger partial charge in [0.1, 0.15) is 11.5 Å². The zero-order chi connectivity index (χ0) is 17.7. The van der Waals surface area contributed by atoms with Gasteiger partial charge in [-0.15, -0.1) is 0 Å². The molecular weight excluding hydrogens is 360 g/mol. The molecule has 0 unspecified atom stereocenters. The van der Waals surface area contributed by atoms with Crippen molar-refractivity contribution in [1.29, 1.82) is 0 Å². The Kier molecular flexibility index (Phi) is 5.33. The molecule has 7 heteroatoms. The summed E-state index contributed by atoms with van der Waals surface area (Å²) >= 11 is 5.77. The summed E-state index contributed by atoms with van der Waals surface area (Å²) in [4.78, 5) is 4.43. The number of nitrogens with one attached hydrogen (secondary N) is 1. The molecule has 0 atom stereocenters. The fourth-order valence-electron chi connectivity index (χ4n) is 2.07. The van der Waals surface area contributed by atoms with Gasteiger partial charge in [0.05, 0.1) is 23.3 Å². The van der Waals surface area contributed by atoms with Crippen molar-refractivity contribution in [3.63, 3.8) is 0 Å². The van der Waals surface area contributed by atoms with Crippen molar-refractivity contribution in [2.75, 3.05) is 0 Å². The van der Waals surface area contributed by atoms with Crippen molar-refractivity contribution in [2.24, 2.45) is 4.99 Å². The summed E-state index contributed by atoms with van der Waals surface area (Å²) < 4.78 is 32.5. The molecule has 25 heavy (non-hydrogen) atoms. The van der Waals surface area contributed by atoms with Crippen LogP contribution in [0.4, 0.5) is 5.69 Å². The SMILES string of the molecule is O=S(=O)(NCc1ccc(C=Nc2ccccc2)o1)c1ccc(Cl)cc1. The molecular formula is C18H15ClN2O3S. The largest absolute Gasteiger partial charge is 0.459 e. The first kappa shape index (κ1) is 17.4. The topological polar surface area (TPSA) is 71.7 Å². The molecule has 1 N–H and O–H groups in total. The van der Waals surface area contributed by atoms with E-state index in [1.54, 1.807) is 18.3 Å². The Morgan fingerprint density at radius 2 is 1.72 bits per heavy atom. The standard InChI is InChI=1S/C18H15ClN2O3S/c19-14-6-10-18(11-7-14)25(22,23)21-13-17-9-8-16(24-17)12-20-15-4-2-1-3-5-15/h1-12,21H,13H2. The number of benzene rings is 2. The molecule has 128 valence electrons. The number of furan rings is 1. The van der Waals surface area contributed by atoms with Crippen LogP contribution in [0.3, 0.4) is 0 Å². The van der Waals surface area contributed by atoms with Gasteiger partial charge in [-0.05, 0) is 48.5 Å². The van der Waals surface area contributed by atoms with Gasteiger partial charge >= 0.3 is 0 Å². The van der Waals surface area contributed by atoms with E-state index >= 15 is 0 Å². The maximum Gasteiger partial charge on any atom is 0.240 e. The summed E-state index contributed by atoms with van der Waals surface area (Å²) in [6, 6.07) is 18.8. The van der Waals surface area contributed by atoms with Crippen LogP contribution in [0.15, 0.2) is 81.0 Å². The number of aliphatic imine (C=N–C) groups is 1. The van der Waals surface area contributed by atoms with E-state index in [0.717, 1.165) is 5.69 Å². The zero-order valence-corrected chi connectivity index (χ0v) is 14.7. The second-order valence-electron chi connectivity index (χ2n) is 5.18. The fraction of sp³-hybridized carbons (Fsp3) is 0.0556. The van der Waals surface area contributed by atoms with Crippen LogP contribution >= 0.6 is 11.6 Å². The normalized spacial score (nSPS) is 11.9. The molecule has 0 fully saturated rings. The van der Waals surface area contributed by atoms with Gasteiger partial charge in [-0.25, -0.2) is 13.1 Å². The minimum absolute atomic E-state index is 0.0458. The van der Waals surface area contributed by atoms with Crippen LogP contribution in [0.2, 0.25) is 5.02 Å². The van der Waals surface area contributed by atoms with Gasteiger partial charge in [0, 0.05) is 5.02 Å². The van der Waals surface area contributed by atoms with Crippen molar-refractivity contribution in [3.05, 3.63) is 83.3 Å². The molecule has 2 aromatic carbocycles. The van der Waals surface area contributed by atoms with Crippen molar-refractivity contribution in [3.8, 4) is 0 Å². The first-order valence-corrected chi connectivity index (χ1v) is 9.32. The summed E-state index contributed by atoms with van der Waals surface area (Å²) in [5, 5.41) is 0.479. The molecule has 5 nitrogen and oxygen atoms in total. The molecule has 3 aromatic rings. The van der Waals surface area contributed by atoms with Gasteiger partial charge in [0.2, 0.25) is 10.0 Å². The lowest BCUT2D eigenvalue weighted by Crippen LogP contribution is -2.22. The van der Waals surface area contributed by atoms with E-state index in [1.165, 1.54) is 24.3 Å². The Morgan fingerprint density at radius 3 is 2.44 bits per heavy atom. The Hall–Kier alpha value is -2.41. The Morgan fingerprint density at radius 1 is 1.00 bits per heavy atom. The van der Waals surface area contributed by atoms with Crippen LogP contribution < -0.4 is 4.72 Å². The summed E-state index contributed by atoms with van der Waals surface area (Å²) in [5.74, 6) is 1.04. The monoisotopic (exact) mass is 374 g/mol. The summed E-state index contributed by atoms with van der Waals surface area (Å²) in [7, 11) is -3.62. The Bertz CT molecular complexity index is 965. The average Bonchev–Trinajstić information content (AvgIpc) is 3.08. The second-order valence-corrected chi connectivity index (χ2v) is 7.38. The highest BCUT2D eigenvalue weighted by Crippen LogP contribution is 2.15. The smallest absolute Gasteiger partial charge is 0.240 e. The highest BCUT2D eigenvalue weighted by molar-refractivity contribution is 7.89. The summed E-state index contributed by atoms with van der Waals surface area (Å²) in [6.45, 7) is 0.0458. The number of sulfonamides is 1. The highest BCUT2D eigenvalue weighted by atomic mass is 35.5. The Balaban J connectivity index is 1.63. The van der Waals surface area contributed by atoms with E-state index in [0.29, 0.717) is 16.5 Å². The van der Waals surface area contributed by atoms with E-state index in [4.69, 9.17) is 16.0 Å². The van der Waals surface area contributed by atoms with Crippen LogP contribution in [0.1, 0.15) is 11.5 Å². The van der Waals surface area contributed by atoms with E-state index < -0.39 is 10.0 Å². The summed E-state index contributed by atoms with van der Waals surface area (Å²) in [6.07, 6.45) is 1.59. The van der Waals surface area contributed by atoms with Gasteiger partial charge in [-0.2, -0.15) is 0 Å². The number of para-hydroxylation sites is 1. The quantitative estimate of drug-likeness (QED) is 0.658. The third-order valence-corrected chi connectivity index (χ3v) is 5.01. The molecule has 0 bridgehead atoms. The van der Waals surface area contributed by atoms with Gasteiger partial charge in [0.15, 0.2) is 0 Å². The van der Waals surface area contributed by atoms with Crippen LogP contribution in [0.25, 0.3) is 0 Å². The van der Waals surface area contributed by atoms with E-state index in [1.807, 2.05) is 30.3 Å². The van der Waals surface area contributed by atoms with Crippen molar-refractivity contribution in [2.45, 2.75) is 11.4 Å². The highest BCUT2D eigenvalue weighted by Gasteiger charge is 2.14. The molecule has 0 saturated carbocycles. The lowest BCUT2D eigenvalue weighted by atomic mass is 10.3. The van der Waals surface area contributed by atoms with Crippen molar-refractivity contribution >= 4 is 33.5 Å².